The summed E-state index contributed by atoms with van der Waals surface area (Å²) in [7, 11) is 0. The number of hydrogen-bond donors (Lipinski definition) is 1. The van der Waals surface area contributed by atoms with E-state index in [1.54, 1.807) is 24.3 Å². The molecular formula is C28H25Cl2FN2O4S. The average Bonchev–Trinajstić information content (AvgIpc) is 3.51. The van der Waals surface area contributed by atoms with Gasteiger partial charge >= 0.3 is 5.97 Å². The fourth-order valence-electron chi connectivity index (χ4n) is 5.02. The van der Waals surface area contributed by atoms with Gasteiger partial charge in [0, 0.05) is 53.4 Å². The maximum absolute atomic E-state index is 15.8. The van der Waals surface area contributed by atoms with Crippen molar-refractivity contribution in [2.75, 3.05) is 24.6 Å². The summed E-state index contributed by atoms with van der Waals surface area (Å²) >= 11 is 14.1. The Labute approximate surface area is 232 Å². The molecular weight excluding hydrogens is 550 g/mol. The number of anilines is 1. The molecule has 2 aromatic heterocycles. The smallest absolute Gasteiger partial charge is 0.345 e. The van der Waals surface area contributed by atoms with Crippen LogP contribution < -0.4 is 4.90 Å². The molecule has 2 aromatic carbocycles. The lowest BCUT2D eigenvalue weighted by Crippen LogP contribution is -2.44. The third-order valence-corrected chi connectivity index (χ3v) is 9.03. The van der Waals surface area contributed by atoms with Crippen molar-refractivity contribution in [3.63, 3.8) is 0 Å². The first-order valence-corrected chi connectivity index (χ1v) is 14.1. The van der Waals surface area contributed by atoms with Crippen molar-refractivity contribution in [2.24, 2.45) is 0 Å². The minimum atomic E-state index is -1.45. The molecule has 6 rings (SSSR count). The van der Waals surface area contributed by atoms with Crippen LogP contribution in [0.4, 0.5) is 10.1 Å². The first-order valence-electron chi connectivity index (χ1n) is 12.5. The maximum Gasteiger partial charge on any atom is 0.345 e. The summed E-state index contributed by atoms with van der Waals surface area (Å²) in [5.74, 6) is 0.144. The molecule has 1 saturated heterocycles. The molecule has 198 valence electrons. The highest BCUT2D eigenvalue weighted by molar-refractivity contribution is 7.20. The third-order valence-electron chi connectivity index (χ3n) is 7.31. The van der Waals surface area contributed by atoms with Crippen LogP contribution >= 0.6 is 34.5 Å². The number of halogens is 3. The molecule has 1 aliphatic carbocycles. The number of thiophene rings is 1. The van der Waals surface area contributed by atoms with E-state index < -0.39 is 11.6 Å². The molecule has 2 aliphatic rings. The Kier molecular flexibility index (Phi) is 6.84. The lowest BCUT2D eigenvalue weighted by molar-refractivity contribution is -0.00756. The van der Waals surface area contributed by atoms with Crippen LogP contribution in [0.1, 0.15) is 52.6 Å². The van der Waals surface area contributed by atoms with Crippen LogP contribution in [0.3, 0.4) is 0 Å². The Morgan fingerprint density at radius 2 is 1.92 bits per heavy atom. The first-order chi connectivity index (χ1) is 18.3. The molecule has 0 amide bonds. The number of aromatic nitrogens is 1. The number of alkyl halides is 1. The van der Waals surface area contributed by atoms with Gasteiger partial charge in [0.05, 0.1) is 23.3 Å². The number of fused-ring (bicyclic) bond motifs is 1. The van der Waals surface area contributed by atoms with Crippen LogP contribution in [0.15, 0.2) is 47.0 Å². The molecule has 1 aliphatic heterocycles. The van der Waals surface area contributed by atoms with Gasteiger partial charge in [-0.05, 0) is 48.6 Å². The fraction of sp³-hybridized carbons (Fsp3) is 0.357. The fourth-order valence-corrected chi connectivity index (χ4v) is 6.53. The van der Waals surface area contributed by atoms with Gasteiger partial charge in [0.2, 0.25) is 0 Å². The van der Waals surface area contributed by atoms with Crippen LogP contribution in [0.2, 0.25) is 10.0 Å². The van der Waals surface area contributed by atoms with Gasteiger partial charge in [-0.1, -0.05) is 40.5 Å². The highest BCUT2D eigenvalue weighted by Gasteiger charge is 2.37. The average molecular weight is 575 g/mol. The zero-order chi connectivity index (χ0) is 26.4. The van der Waals surface area contributed by atoms with Gasteiger partial charge < -0.3 is 19.3 Å². The van der Waals surface area contributed by atoms with E-state index in [0.717, 1.165) is 39.9 Å². The van der Waals surface area contributed by atoms with Gasteiger partial charge in [0.25, 0.3) is 0 Å². The van der Waals surface area contributed by atoms with Crippen LogP contribution in [0, 0.1) is 0 Å². The van der Waals surface area contributed by atoms with E-state index in [2.05, 4.69) is 10.1 Å². The Balaban J connectivity index is 1.12. The highest BCUT2D eigenvalue weighted by Crippen LogP contribution is 2.46. The van der Waals surface area contributed by atoms with Gasteiger partial charge in [0.1, 0.15) is 22.0 Å². The predicted molar refractivity (Wildman–Crippen MR) is 148 cm³/mol. The van der Waals surface area contributed by atoms with Crippen LogP contribution in [-0.2, 0) is 11.3 Å². The zero-order valence-corrected chi connectivity index (χ0v) is 22.7. The van der Waals surface area contributed by atoms with E-state index in [1.807, 2.05) is 18.2 Å². The maximum atomic E-state index is 15.8. The normalized spacial score (nSPS) is 17.3. The quantitative estimate of drug-likeness (QED) is 0.230. The Hall–Kier alpha value is -2.65. The number of carboxylic acid groups (broad SMARTS) is 1. The van der Waals surface area contributed by atoms with Crippen molar-refractivity contribution in [3.05, 3.63) is 68.7 Å². The third kappa shape index (κ3) is 5.02. The SMILES string of the molecule is O=C(O)c1cc2ccc(N3CCC(F)(COCc4c(-c5c(Cl)cccc5Cl)noc4C4CC4)CC3)cc2s1. The van der Waals surface area contributed by atoms with Gasteiger partial charge in [-0.25, -0.2) is 9.18 Å². The van der Waals surface area contributed by atoms with Crippen LogP contribution in [0.5, 0.6) is 0 Å². The summed E-state index contributed by atoms with van der Waals surface area (Å²) in [6, 6.07) is 12.8. The number of nitrogens with zero attached hydrogens (tertiary/aromatic N) is 2. The molecule has 1 N–H and O–H groups in total. The number of aromatic carboxylic acids is 1. The summed E-state index contributed by atoms with van der Waals surface area (Å²) in [4.78, 5) is 13.7. The molecule has 0 radical (unpaired) electrons. The summed E-state index contributed by atoms with van der Waals surface area (Å²) in [5.41, 5.74) is 1.47. The molecule has 0 unspecified atom stereocenters. The summed E-state index contributed by atoms with van der Waals surface area (Å²) < 4.78 is 28.3. The number of benzene rings is 2. The van der Waals surface area contributed by atoms with Crippen molar-refractivity contribution < 1.29 is 23.6 Å². The van der Waals surface area contributed by atoms with Crippen molar-refractivity contribution in [1.82, 2.24) is 5.16 Å². The van der Waals surface area contributed by atoms with Crippen molar-refractivity contribution in [1.29, 1.82) is 0 Å². The monoisotopic (exact) mass is 574 g/mol. The summed E-state index contributed by atoms with van der Waals surface area (Å²) in [5, 5.41) is 15.4. The molecule has 2 fully saturated rings. The van der Waals surface area contributed by atoms with Crippen LogP contribution in [0.25, 0.3) is 21.3 Å². The second-order valence-corrected chi connectivity index (χ2v) is 11.9. The summed E-state index contributed by atoms with van der Waals surface area (Å²) in [6.07, 6.45) is 2.71. The topological polar surface area (TPSA) is 75.8 Å². The zero-order valence-electron chi connectivity index (χ0n) is 20.4. The Morgan fingerprint density at radius 3 is 2.61 bits per heavy atom. The number of carbonyl (C=O) groups is 1. The van der Waals surface area contributed by atoms with E-state index in [9.17, 15) is 9.90 Å². The van der Waals surface area contributed by atoms with Crippen molar-refractivity contribution >= 4 is 56.3 Å². The second-order valence-electron chi connectivity index (χ2n) is 10.0. The number of hydrogen-bond acceptors (Lipinski definition) is 6. The van der Waals surface area contributed by atoms with Crippen molar-refractivity contribution in [3.8, 4) is 11.3 Å². The van der Waals surface area contributed by atoms with Gasteiger partial charge in [-0.3, -0.25) is 0 Å². The highest BCUT2D eigenvalue weighted by atomic mass is 35.5. The minimum absolute atomic E-state index is 0.0300. The number of piperidine rings is 1. The van der Waals surface area contributed by atoms with Crippen LogP contribution in [-0.4, -0.2) is 41.6 Å². The second kappa shape index (κ2) is 10.2. The number of ether oxygens (including phenoxy) is 1. The van der Waals surface area contributed by atoms with E-state index in [1.165, 1.54) is 11.3 Å². The number of rotatable bonds is 8. The van der Waals surface area contributed by atoms with Gasteiger partial charge in [-0.2, -0.15) is 0 Å². The number of carboxylic acids is 1. The largest absolute Gasteiger partial charge is 0.477 e. The van der Waals surface area contributed by atoms with E-state index >= 15 is 4.39 Å². The van der Waals surface area contributed by atoms with E-state index in [0.29, 0.717) is 58.0 Å². The van der Waals surface area contributed by atoms with Crippen molar-refractivity contribution in [2.45, 2.75) is 43.9 Å². The van der Waals surface area contributed by atoms with E-state index in [4.69, 9.17) is 32.5 Å². The predicted octanol–water partition coefficient (Wildman–Crippen LogP) is 7.96. The Bertz CT molecular complexity index is 1490. The van der Waals surface area contributed by atoms with Gasteiger partial charge in [-0.15, -0.1) is 11.3 Å². The molecule has 10 heteroatoms. The molecule has 0 spiro atoms. The minimum Gasteiger partial charge on any atom is -0.477 e. The van der Waals surface area contributed by atoms with Gasteiger partial charge in [0.15, 0.2) is 0 Å². The molecule has 38 heavy (non-hydrogen) atoms. The molecule has 4 aromatic rings. The first kappa shape index (κ1) is 25.6. The summed E-state index contributed by atoms with van der Waals surface area (Å²) in [6.45, 7) is 1.23. The molecule has 0 atom stereocenters. The molecule has 1 saturated carbocycles. The lowest BCUT2D eigenvalue weighted by Gasteiger charge is -2.37. The molecule has 0 bridgehead atoms. The van der Waals surface area contributed by atoms with E-state index in [-0.39, 0.29) is 13.2 Å². The molecule has 6 nitrogen and oxygen atoms in total. The standard InChI is InChI=1S/C28H25Cl2FN2O4S/c29-20-2-1-3-21(30)24(20)25-19(26(37-32-25)16-4-5-16)14-36-15-28(31)8-10-33(11-9-28)18-7-6-17-12-23(27(34)35)38-22(17)13-18/h1-3,6-7,12-13,16H,4-5,8-11,14-15H2,(H,34,35). The lowest BCUT2D eigenvalue weighted by atomic mass is 9.93. The molecule has 3 heterocycles. The Morgan fingerprint density at radius 1 is 1.18 bits per heavy atom.